The summed E-state index contributed by atoms with van der Waals surface area (Å²) in [5.41, 5.74) is 6.68. The molecule has 2 fully saturated rings. The second-order valence-electron chi connectivity index (χ2n) is 7.53. The minimum atomic E-state index is 0.204. The fraction of sp³-hybridized carbons (Fsp3) is 1.00. The highest BCUT2D eigenvalue weighted by atomic mass is 15.3. The van der Waals surface area contributed by atoms with E-state index < -0.39 is 0 Å². The van der Waals surface area contributed by atoms with Gasteiger partial charge in [0.25, 0.3) is 0 Å². The number of nitrogens with zero attached hydrogens (tertiary/aromatic N) is 2. The number of likely N-dealkylation sites (N-methyl/N-ethyl adjacent to an activating group) is 1. The summed E-state index contributed by atoms with van der Waals surface area (Å²) in [5.74, 6) is 0. The second-order valence-corrected chi connectivity index (χ2v) is 7.53. The zero-order valence-corrected chi connectivity index (χ0v) is 12.9. The molecule has 0 radical (unpaired) electrons. The molecule has 0 aromatic heterocycles. The van der Waals surface area contributed by atoms with Crippen molar-refractivity contribution >= 4 is 0 Å². The molecule has 1 aliphatic heterocycles. The summed E-state index contributed by atoms with van der Waals surface area (Å²) >= 11 is 0. The molecule has 106 valence electrons. The van der Waals surface area contributed by atoms with Crippen LogP contribution < -0.4 is 5.73 Å². The molecule has 0 aromatic rings. The van der Waals surface area contributed by atoms with E-state index in [9.17, 15) is 0 Å². The van der Waals surface area contributed by atoms with Gasteiger partial charge in [0.1, 0.15) is 0 Å². The number of hydrogen-bond donors (Lipinski definition) is 1. The molecular weight excluding hydrogens is 222 g/mol. The van der Waals surface area contributed by atoms with Crippen molar-refractivity contribution < 1.29 is 0 Å². The summed E-state index contributed by atoms with van der Waals surface area (Å²) in [6.45, 7) is 12.5. The molecule has 2 N–H and O–H groups in total. The number of likely N-dealkylation sites (tertiary alicyclic amines) is 1. The third-order valence-electron chi connectivity index (χ3n) is 5.39. The molecule has 1 saturated carbocycles. The van der Waals surface area contributed by atoms with E-state index in [1.165, 1.54) is 32.4 Å². The molecule has 1 aliphatic carbocycles. The Balaban J connectivity index is 2.07. The van der Waals surface area contributed by atoms with Gasteiger partial charge in [-0.1, -0.05) is 20.8 Å². The van der Waals surface area contributed by atoms with Crippen molar-refractivity contribution in [2.75, 3.05) is 26.7 Å². The van der Waals surface area contributed by atoms with Gasteiger partial charge in [-0.25, -0.2) is 0 Å². The topological polar surface area (TPSA) is 32.5 Å². The second kappa shape index (κ2) is 4.77. The molecule has 0 amide bonds. The Bertz CT molecular complexity index is 293. The van der Waals surface area contributed by atoms with Crippen LogP contribution >= 0.6 is 0 Å². The predicted molar refractivity (Wildman–Crippen MR) is 77.7 cm³/mol. The van der Waals surface area contributed by atoms with Gasteiger partial charge in [0.2, 0.25) is 0 Å². The first-order valence-corrected chi connectivity index (χ1v) is 7.47. The summed E-state index contributed by atoms with van der Waals surface area (Å²) in [7, 11) is 2.28. The molecule has 3 heteroatoms. The van der Waals surface area contributed by atoms with Gasteiger partial charge in [0.15, 0.2) is 0 Å². The molecule has 0 spiro atoms. The van der Waals surface area contributed by atoms with Gasteiger partial charge < -0.3 is 5.73 Å². The molecule has 2 unspecified atom stereocenters. The van der Waals surface area contributed by atoms with Crippen LogP contribution in [0.5, 0.6) is 0 Å². The van der Waals surface area contributed by atoms with Crippen LogP contribution in [0.1, 0.15) is 47.0 Å². The zero-order valence-electron chi connectivity index (χ0n) is 12.9. The molecule has 1 heterocycles. The third-order valence-corrected chi connectivity index (χ3v) is 5.39. The molecule has 0 bridgehead atoms. The minimum Gasteiger partial charge on any atom is -0.329 e. The lowest BCUT2D eigenvalue weighted by atomic mass is 9.83. The van der Waals surface area contributed by atoms with Gasteiger partial charge >= 0.3 is 0 Å². The van der Waals surface area contributed by atoms with Crippen LogP contribution in [0.15, 0.2) is 0 Å². The van der Waals surface area contributed by atoms with E-state index in [0.29, 0.717) is 11.5 Å². The van der Waals surface area contributed by atoms with Crippen LogP contribution in [0.4, 0.5) is 0 Å². The quantitative estimate of drug-likeness (QED) is 0.831. The molecule has 0 aromatic carbocycles. The van der Waals surface area contributed by atoms with Gasteiger partial charge in [0.05, 0.1) is 0 Å². The summed E-state index contributed by atoms with van der Waals surface area (Å²) in [6, 6.07) is 1.43. The maximum atomic E-state index is 6.17. The molecule has 2 rings (SSSR count). The van der Waals surface area contributed by atoms with Crippen LogP contribution in [0.2, 0.25) is 0 Å². The molecule has 1 saturated heterocycles. The van der Waals surface area contributed by atoms with Crippen molar-refractivity contribution in [1.29, 1.82) is 0 Å². The van der Waals surface area contributed by atoms with Crippen LogP contribution in [-0.4, -0.2) is 54.1 Å². The zero-order chi connectivity index (χ0) is 13.6. The first-order chi connectivity index (χ1) is 8.30. The lowest BCUT2D eigenvalue weighted by Gasteiger charge is -2.46. The third kappa shape index (κ3) is 2.59. The molecule has 18 heavy (non-hydrogen) atoms. The molecule has 2 aliphatic rings. The summed E-state index contributed by atoms with van der Waals surface area (Å²) in [6.07, 6.45) is 4.04. The van der Waals surface area contributed by atoms with Crippen molar-refractivity contribution in [3.05, 3.63) is 0 Å². The summed E-state index contributed by atoms with van der Waals surface area (Å²) in [4.78, 5) is 5.23. The van der Waals surface area contributed by atoms with Gasteiger partial charge in [-0.3, -0.25) is 9.80 Å². The average Bonchev–Trinajstić information content (AvgIpc) is 3.06. The maximum Gasteiger partial charge on any atom is 0.0470 e. The Labute approximate surface area is 113 Å². The van der Waals surface area contributed by atoms with Gasteiger partial charge in [-0.2, -0.15) is 0 Å². The average molecular weight is 253 g/mol. The number of rotatable bonds is 4. The van der Waals surface area contributed by atoms with E-state index in [4.69, 9.17) is 5.73 Å². The van der Waals surface area contributed by atoms with E-state index >= 15 is 0 Å². The van der Waals surface area contributed by atoms with Crippen molar-refractivity contribution in [2.45, 2.75) is 64.6 Å². The van der Waals surface area contributed by atoms with Crippen LogP contribution in [0.3, 0.4) is 0 Å². The van der Waals surface area contributed by atoms with Gasteiger partial charge in [-0.05, 0) is 38.6 Å². The Hall–Kier alpha value is -0.120. The maximum absolute atomic E-state index is 6.17. The van der Waals surface area contributed by atoms with E-state index in [-0.39, 0.29) is 5.54 Å². The monoisotopic (exact) mass is 253 g/mol. The van der Waals surface area contributed by atoms with Gasteiger partial charge in [-0.15, -0.1) is 0 Å². The molecular formula is C15H31N3. The lowest BCUT2D eigenvalue weighted by molar-refractivity contribution is 0.0359. The Morgan fingerprint density at radius 2 is 2.00 bits per heavy atom. The van der Waals surface area contributed by atoms with E-state index in [1.807, 2.05) is 0 Å². The molecule has 2 atom stereocenters. The Morgan fingerprint density at radius 3 is 2.44 bits per heavy atom. The molecule has 3 nitrogen and oxygen atoms in total. The van der Waals surface area contributed by atoms with Gasteiger partial charge in [0, 0.05) is 37.3 Å². The number of hydrogen-bond acceptors (Lipinski definition) is 3. The van der Waals surface area contributed by atoms with Crippen LogP contribution in [0, 0.1) is 5.41 Å². The van der Waals surface area contributed by atoms with Crippen molar-refractivity contribution in [2.24, 2.45) is 11.1 Å². The lowest BCUT2D eigenvalue weighted by Crippen LogP contribution is -2.59. The van der Waals surface area contributed by atoms with Crippen molar-refractivity contribution in [3.8, 4) is 0 Å². The fourth-order valence-corrected chi connectivity index (χ4v) is 3.23. The first-order valence-electron chi connectivity index (χ1n) is 7.47. The van der Waals surface area contributed by atoms with Crippen molar-refractivity contribution in [1.82, 2.24) is 9.80 Å². The largest absolute Gasteiger partial charge is 0.329 e. The predicted octanol–water partition coefficient (Wildman–Crippen LogP) is 1.92. The van der Waals surface area contributed by atoms with Crippen LogP contribution in [0.25, 0.3) is 0 Å². The SMILES string of the molecule is CC(N(C)C1(CN)CCN(C2CC2)C1)C(C)(C)C. The van der Waals surface area contributed by atoms with Crippen LogP contribution in [-0.2, 0) is 0 Å². The fourth-order valence-electron chi connectivity index (χ4n) is 3.23. The normalized spacial score (nSPS) is 32.2. The smallest absolute Gasteiger partial charge is 0.0470 e. The van der Waals surface area contributed by atoms with Crippen molar-refractivity contribution in [3.63, 3.8) is 0 Å². The van der Waals surface area contributed by atoms with E-state index in [2.05, 4.69) is 44.5 Å². The Morgan fingerprint density at radius 1 is 1.39 bits per heavy atom. The summed E-state index contributed by atoms with van der Waals surface area (Å²) < 4.78 is 0. The summed E-state index contributed by atoms with van der Waals surface area (Å²) in [5, 5.41) is 0. The highest BCUT2D eigenvalue weighted by Gasteiger charge is 2.47. The first kappa shape index (κ1) is 14.3. The van der Waals surface area contributed by atoms with E-state index in [0.717, 1.165) is 12.6 Å². The highest BCUT2D eigenvalue weighted by Crippen LogP contribution is 2.38. The standard InChI is InChI=1S/C15H31N3/c1-12(14(2,3)4)17(5)15(10-16)8-9-18(11-15)13-6-7-13/h12-13H,6-11,16H2,1-5H3. The highest BCUT2D eigenvalue weighted by molar-refractivity contribution is 5.04. The minimum absolute atomic E-state index is 0.204. The Kier molecular flexibility index (Phi) is 3.79. The number of nitrogens with two attached hydrogens (primary N) is 1. The van der Waals surface area contributed by atoms with E-state index in [1.54, 1.807) is 0 Å².